The standard InChI is InChI=1S/C13H20BrNO/c1-3-4-7-15-8-9-16-13-10-12(14)6-5-11(13)2/h5-6,10,15H,3-4,7-9H2,1-2H3. The SMILES string of the molecule is CCCCNCCOc1cc(Br)ccc1C. The molecule has 1 aromatic rings. The Hall–Kier alpha value is -0.540. The summed E-state index contributed by atoms with van der Waals surface area (Å²) in [5.41, 5.74) is 1.18. The van der Waals surface area contributed by atoms with Gasteiger partial charge in [-0.05, 0) is 37.6 Å². The van der Waals surface area contributed by atoms with E-state index in [0.29, 0.717) is 0 Å². The molecular weight excluding hydrogens is 266 g/mol. The van der Waals surface area contributed by atoms with Crippen molar-refractivity contribution in [1.29, 1.82) is 0 Å². The quantitative estimate of drug-likeness (QED) is 0.774. The van der Waals surface area contributed by atoms with Crippen LogP contribution in [0.1, 0.15) is 25.3 Å². The van der Waals surface area contributed by atoms with Crippen LogP contribution in [0.4, 0.5) is 0 Å². The van der Waals surface area contributed by atoms with Crippen LogP contribution in [0.3, 0.4) is 0 Å². The molecule has 0 bridgehead atoms. The largest absolute Gasteiger partial charge is 0.492 e. The fraction of sp³-hybridized carbons (Fsp3) is 0.538. The molecule has 1 rings (SSSR count). The predicted molar refractivity (Wildman–Crippen MR) is 72.2 cm³/mol. The minimum absolute atomic E-state index is 0.723. The first kappa shape index (κ1) is 13.5. The van der Waals surface area contributed by atoms with Gasteiger partial charge in [0.25, 0.3) is 0 Å². The smallest absolute Gasteiger partial charge is 0.123 e. The van der Waals surface area contributed by atoms with Gasteiger partial charge in [-0.15, -0.1) is 0 Å². The molecule has 0 aliphatic heterocycles. The highest BCUT2D eigenvalue weighted by molar-refractivity contribution is 9.10. The van der Waals surface area contributed by atoms with Crippen LogP contribution in [0.2, 0.25) is 0 Å². The van der Waals surface area contributed by atoms with Gasteiger partial charge in [0.1, 0.15) is 12.4 Å². The van der Waals surface area contributed by atoms with Gasteiger partial charge in [-0.2, -0.15) is 0 Å². The van der Waals surface area contributed by atoms with Crippen molar-refractivity contribution in [1.82, 2.24) is 5.32 Å². The fourth-order valence-corrected chi connectivity index (χ4v) is 1.73. The van der Waals surface area contributed by atoms with Gasteiger partial charge in [-0.1, -0.05) is 35.3 Å². The van der Waals surface area contributed by atoms with E-state index < -0.39 is 0 Å². The van der Waals surface area contributed by atoms with E-state index in [2.05, 4.69) is 41.2 Å². The number of rotatable bonds is 7. The van der Waals surface area contributed by atoms with E-state index in [4.69, 9.17) is 4.74 Å². The molecule has 0 heterocycles. The Bertz CT molecular complexity index is 315. The lowest BCUT2D eigenvalue weighted by Crippen LogP contribution is -2.22. The molecule has 0 aliphatic rings. The lowest BCUT2D eigenvalue weighted by molar-refractivity contribution is 0.311. The van der Waals surface area contributed by atoms with Crippen LogP contribution in [-0.2, 0) is 0 Å². The van der Waals surface area contributed by atoms with Crippen LogP contribution in [0.15, 0.2) is 22.7 Å². The van der Waals surface area contributed by atoms with Crippen LogP contribution in [0, 0.1) is 6.92 Å². The molecule has 0 radical (unpaired) electrons. The Labute approximate surface area is 107 Å². The van der Waals surface area contributed by atoms with Crippen molar-refractivity contribution in [3.63, 3.8) is 0 Å². The molecule has 0 saturated carbocycles. The van der Waals surface area contributed by atoms with Gasteiger partial charge in [0.2, 0.25) is 0 Å². The summed E-state index contributed by atoms with van der Waals surface area (Å²) in [7, 11) is 0. The summed E-state index contributed by atoms with van der Waals surface area (Å²) >= 11 is 3.44. The summed E-state index contributed by atoms with van der Waals surface area (Å²) in [6, 6.07) is 6.10. The van der Waals surface area contributed by atoms with E-state index in [9.17, 15) is 0 Å². The number of hydrogen-bond acceptors (Lipinski definition) is 2. The van der Waals surface area contributed by atoms with Crippen molar-refractivity contribution < 1.29 is 4.74 Å². The lowest BCUT2D eigenvalue weighted by Gasteiger charge is -2.10. The maximum Gasteiger partial charge on any atom is 0.123 e. The van der Waals surface area contributed by atoms with Gasteiger partial charge in [0, 0.05) is 11.0 Å². The van der Waals surface area contributed by atoms with E-state index in [0.717, 1.165) is 29.9 Å². The molecule has 0 atom stereocenters. The summed E-state index contributed by atoms with van der Waals surface area (Å²) in [5, 5.41) is 3.35. The molecule has 0 aromatic heterocycles. The molecule has 0 saturated heterocycles. The number of ether oxygens (including phenoxy) is 1. The molecular formula is C13H20BrNO. The maximum absolute atomic E-state index is 5.71. The molecule has 1 aromatic carbocycles. The fourth-order valence-electron chi connectivity index (χ4n) is 1.39. The minimum Gasteiger partial charge on any atom is -0.492 e. The molecule has 0 unspecified atom stereocenters. The Kier molecular flexibility index (Phi) is 6.50. The van der Waals surface area contributed by atoms with Crippen molar-refractivity contribution in [2.45, 2.75) is 26.7 Å². The normalized spacial score (nSPS) is 10.4. The van der Waals surface area contributed by atoms with Crippen molar-refractivity contribution in [2.75, 3.05) is 19.7 Å². The second kappa shape index (κ2) is 7.69. The third-order valence-electron chi connectivity index (χ3n) is 2.39. The first-order chi connectivity index (χ1) is 7.74. The minimum atomic E-state index is 0.723. The molecule has 0 amide bonds. The molecule has 0 spiro atoms. The van der Waals surface area contributed by atoms with Gasteiger partial charge >= 0.3 is 0 Å². The van der Waals surface area contributed by atoms with E-state index >= 15 is 0 Å². The molecule has 0 aliphatic carbocycles. The third kappa shape index (κ3) is 4.99. The third-order valence-corrected chi connectivity index (χ3v) is 2.89. The Morgan fingerprint density at radius 2 is 2.12 bits per heavy atom. The highest BCUT2D eigenvalue weighted by Crippen LogP contribution is 2.22. The number of benzene rings is 1. The van der Waals surface area contributed by atoms with E-state index in [1.165, 1.54) is 18.4 Å². The molecule has 2 nitrogen and oxygen atoms in total. The summed E-state index contributed by atoms with van der Waals surface area (Å²) < 4.78 is 6.77. The van der Waals surface area contributed by atoms with Gasteiger partial charge in [-0.3, -0.25) is 0 Å². The van der Waals surface area contributed by atoms with E-state index in [-0.39, 0.29) is 0 Å². The van der Waals surface area contributed by atoms with Crippen molar-refractivity contribution in [3.05, 3.63) is 28.2 Å². The Morgan fingerprint density at radius 3 is 2.88 bits per heavy atom. The summed E-state index contributed by atoms with van der Waals surface area (Å²) in [4.78, 5) is 0. The van der Waals surface area contributed by atoms with Crippen molar-refractivity contribution >= 4 is 15.9 Å². The second-order valence-corrected chi connectivity index (χ2v) is 4.78. The molecule has 0 fully saturated rings. The molecule has 1 N–H and O–H groups in total. The first-order valence-electron chi connectivity index (χ1n) is 5.83. The average Bonchev–Trinajstić information content (AvgIpc) is 2.28. The molecule has 16 heavy (non-hydrogen) atoms. The summed E-state index contributed by atoms with van der Waals surface area (Å²) in [6.45, 7) is 6.97. The number of nitrogens with one attached hydrogen (secondary N) is 1. The van der Waals surface area contributed by atoms with E-state index in [1.807, 2.05) is 12.1 Å². The monoisotopic (exact) mass is 285 g/mol. The van der Waals surface area contributed by atoms with Crippen molar-refractivity contribution in [3.8, 4) is 5.75 Å². The highest BCUT2D eigenvalue weighted by Gasteiger charge is 1.99. The number of halogens is 1. The number of unbranched alkanes of at least 4 members (excludes halogenated alkanes) is 1. The van der Waals surface area contributed by atoms with Gasteiger partial charge in [0.05, 0.1) is 0 Å². The summed E-state index contributed by atoms with van der Waals surface area (Å²) in [5.74, 6) is 0.965. The van der Waals surface area contributed by atoms with E-state index in [1.54, 1.807) is 0 Å². The summed E-state index contributed by atoms with van der Waals surface area (Å²) in [6.07, 6.45) is 2.47. The second-order valence-electron chi connectivity index (χ2n) is 3.86. The van der Waals surface area contributed by atoms with Gasteiger partial charge in [-0.25, -0.2) is 0 Å². The zero-order valence-corrected chi connectivity index (χ0v) is 11.6. The topological polar surface area (TPSA) is 21.3 Å². The number of hydrogen-bond donors (Lipinski definition) is 1. The Morgan fingerprint density at radius 1 is 1.31 bits per heavy atom. The van der Waals surface area contributed by atoms with Crippen molar-refractivity contribution in [2.24, 2.45) is 0 Å². The maximum atomic E-state index is 5.71. The molecule has 90 valence electrons. The van der Waals surface area contributed by atoms with Crippen LogP contribution in [0.25, 0.3) is 0 Å². The van der Waals surface area contributed by atoms with Gasteiger partial charge < -0.3 is 10.1 Å². The molecule has 3 heteroatoms. The lowest BCUT2D eigenvalue weighted by atomic mass is 10.2. The zero-order valence-electron chi connectivity index (χ0n) is 10.1. The predicted octanol–water partition coefficient (Wildman–Crippen LogP) is 3.53. The Balaban J connectivity index is 2.23. The average molecular weight is 286 g/mol. The van der Waals surface area contributed by atoms with Crippen LogP contribution in [0.5, 0.6) is 5.75 Å². The zero-order chi connectivity index (χ0) is 11.8. The van der Waals surface area contributed by atoms with Crippen LogP contribution < -0.4 is 10.1 Å². The van der Waals surface area contributed by atoms with Crippen LogP contribution in [-0.4, -0.2) is 19.7 Å². The first-order valence-corrected chi connectivity index (χ1v) is 6.63. The van der Waals surface area contributed by atoms with Crippen LogP contribution >= 0.6 is 15.9 Å². The number of aryl methyl sites for hydroxylation is 1. The highest BCUT2D eigenvalue weighted by atomic mass is 79.9. The van der Waals surface area contributed by atoms with Gasteiger partial charge in [0.15, 0.2) is 0 Å².